The highest BCUT2D eigenvalue weighted by atomic mass is 16.8. The van der Waals surface area contributed by atoms with Crippen molar-refractivity contribution in [3.8, 4) is 11.8 Å². The first-order valence-corrected chi connectivity index (χ1v) is 11.3. The molecule has 0 saturated heterocycles. The lowest BCUT2D eigenvalue weighted by molar-refractivity contribution is -0.384. The molecule has 0 saturated carbocycles. The summed E-state index contributed by atoms with van der Waals surface area (Å²) < 4.78 is 16.2. The van der Waals surface area contributed by atoms with Gasteiger partial charge in [0.1, 0.15) is 18.4 Å². The van der Waals surface area contributed by atoms with E-state index in [1.807, 2.05) is 6.07 Å². The first-order chi connectivity index (χ1) is 18.4. The van der Waals surface area contributed by atoms with Crippen LogP contribution in [0.15, 0.2) is 76.4 Å². The molecule has 1 aromatic carbocycles. The van der Waals surface area contributed by atoms with Crippen molar-refractivity contribution < 1.29 is 33.7 Å². The van der Waals surface area contributed by atoms with E-state index in [2.05, 4.69) is 10.5 Å². The number of nitriles is 1. The van der Waals surface area contributed by atoms with Crippen molar-refractivity contribution in [1.82, 2.24) is 15.4 Å². The zero-order chi connectivity index (χ0) is 27.2. The quantitative estimate of drug-likeness (QED) is 0.242. The number of amides is 1. The molecule has 1 atom stereocenters. The van der Waals surface area contributed by atoms with Crippen LogP contribution < -0.4 is 10.2 Å². The number of nitro groups is 1. The summed E-state index contributed by atoms with van der Waals surface area (Å²) in [6.45, 7) is 1.63. The second kappa shape index (κ2) is 11.3. The number of methoxy groups -OCH3 is 1. The van der Waals surface area contributed by atoms with Crippen LogP contribution in [0.25, 0.3) is 0 Å². The number of benzene rings is 1. The summed E-state index contributed by atoms with van der Waals surface area (Å²) in [5, 5.41) is 21.3. The van der Waals surface area contributed by atoms with Crippen molar-refractivity contribution in [3.63, 3.8) is 0 Å². The molecular weight excluding hydrogens is 500 g/mol. The number of carbonyl (C=O) groups is 2. The molecule has 0 radical (unpaired) electrons. The average molecular weight is 522 g/mol. The number of nitro benzene ring substituents is 1. The fraction of sp³-hybridized carbons (Fsp3) is 0.250. The van der Waals surface area contributed by atoms with Gasteiger partial charge < -0.3 is 14.2 Å². The van der Waals surface area contributed by atoms with Gasteiger partial charge in [0.25, 0.3) is 5.69 Å². The topological polar surface area (TPSA) is 169 Å². The minimum Gasteiger partial charge on any atom is -0.468 e. The number of hydrogen-bond donors (Lipinski definition) is 1. The summed E-state index contributed by atoms with van der Waals surface area (Å²) >= 11 is 0. The number of fused-ring (bicyclic) bond motifs is 1. The zero-order valence-corrected chi connectivity index (χ0v) is 20.3. The maximum Gasteiger partial charge on any atom is 0.424 e. The fourth-order valence-electron chi connectivity index (χ4n) is 3.85. The van der Waals surface area contributed by atoms with Crippen LogP contribution in [0.4, 0.5) is 10.5 Å². The molecule has 1 N–H and O–H groups in total. The molecule has 1 unspecified atom stereocenters. The minimum absolute atomic E-state index is 0.0168. The Labute approximate surface area is 216 Å². The lowest BCUT2D eigenvalue weighted by Gasteiger charge is -2.36. The van der Waals surface area contributed by atoms with Gasteiger partial charge in [0.05, 0.1) is 47.7 Å². The number of ether oxygens (including phenoxy) is 3. The second-order valence-electron chi connectivity index (χ2n) is 7.81. The first-order valence-electron chi connectivity index (χ1n) is 11.3. The Morgan fingerprint density at radius 3 is 2.74 bits per heavy atom. The average Bonchev–Trinajstić information content (AvgIpc) is 3.40. The molecule has 38 heavy (non-hydrogen) atoms. The summed E-state index contributed by atoms with van der Waals surface area (Å²) in [6.07, 6.45) is 5.80. The molecular formula is C24H22N6O8. The Balaban J connectivity index is 1.77. The predicted molar refractivity (Wildman–Crippen MR) is 129 cm³/mol. The largest absolute Gasteiger partial charge is 0.468 e. The summed E-state index contributed by atoms with van der Waals surface area (Å²) in [5.41, 5.74) is 3.87. The summed E-state index contributed by atoms with van der Waals surface area (Å²) in [7, 11) is 1.32. The molecule has 0 spiro atoms. The van der Waals surface area contributed by atoms with Crippen LogP contribution in [0.5, 0.6) is 5.75 Å². The van der Waals surface area contributed by atoms with E-state index in [4.69, 9.17) is 24.4 Å². The number of amidine groups is 1. The molecule has 4 rings (SSSR count). The van der Waals surface area contributed by atoms with Crippen LogP contribution in [0, 0.1) is 21.4 Å². The number of allylic oxidation sites excluding steroid dienone is 2. The molecule has 1 amide bonds. The number of esters is 1. The van der Waals surface area contributed by atoms with Crippen molar-refractivity contribution in [1.29, 1.82) is 5.26 Å². The van der Waals surface area contributed by atoms with Gasteiger partial charge in [-0.05, 0) is 36.3 Å². The molecule has 0 bridgehead atoms. The third kappa shape index (κ3) is 5.18. The Morgan fingerprint density at radius 1 is 1.32 bits per heavy atom. The van der Waals surface area contributed by atoms with E-state index in [1.165, 1.54) is 36.4 Å². The predicted octanol–water partition coefficient (Wildman–Crippen LogP) is 2.95. The van der Waals surface area contributed by atoms with E-state index in [1.54, 1.807) is 31.5 Å². The maximum atomic E-state index is 13.5. The Bertz CT molecular complexity index is 1340. The van der Waals surface area contributed by atoms with Gasteiger partial charge in [-0.2, -0.15) is 10.2 Å². The van der Waals surface area contributed by atoms with E-state index in [0.29, 0.717) is 23.4 Å². The zero-order valence-electron chi connectivity index (χ0n) is 20.3. The van der Waals surface area contributed by atoms with Gasteiger partial charge in [-0.15, -0.1) is 0 Å². The van der Waals surface area contributed by atoms with Gasteiger partial charge in [0.2, 0.25) is 0 Å². The molecule has 0 aromatic heterocycles. The molecule has 3 aliphatic rings. The van der Waals surface area contributed by atoms with Crippen LogP contribution in [-0.2, 0) is 19.2 Å². The van der Waals surface area contributed by atoms with Gasteiger partial charge in [0, 0.05) is 18.3 Å². The fourth-order valence-corrected chi connectivity index (χ4v) is 3.85. The molecule has 14 nitrogen and oxygen atoms in total. The Kier molecular flexibility index (Phi) is 7.69. The van der Waals surface area contributed by atoms with E-state index < -0.39 is 23.0 Å². The van der Waals surface area contributed by atoms with E-state index in [0.717, 1.165) is 4.90 Å². The summed E-state index contributed by atoms with van der Waals surface area (Å²) in [4.78, 5) is 47.9. The lowest BCUT2D eigenvalue weighted by atomic mass is 9.91. The number of carbonyl (C=O) groups excluding carboxylic acids is 2. The van der Waals surface area contributed by atoms with E-state index in [9.17, 15) is 19.7 Å². The van der Waals surface area contributed by atoms with Gasteiger partial charge >= 0.3 is 18.1 Å². The van der Waals surface area contributed by atoms with E-state index >= 15 is 0 Å². The number of non-ortho nitro benzene ring substituents is 1. The van der Waals surface area contributed by atoms with Crippen LogP contribution in [0.1, 0.15) is 19.8 Å². The van der Waals surface area contributed by atoms with Crippen molar-refractivity contribution >= 4 is 23.8 Å². The molecule has 3 heterocycles. The second-order valence-corrected chi connectivity index (χ2v) is 7.81. The molecule has 196 valence electrons. The van der Waals surface area contributed by atoms with E-state index in [-0.39, 0.29) is 36.1 Å². The van der Waals surface area contributed by atoms with Crippen molar-refractivity contribution in [2.24, 2.45) is 4.99 Å². The number of aliphatic imine (C=N–C) groups is 1. The SMILES string of the molecule is CCC1=C(C(=O)OCCC#N)C(C2=CC3=CNON3C=C2)N(C(=O)Oc2ccc([N+](=O)[O-])cc2)C(OC)=N1. The highest BCUT2D eigenvalue weighted by Gasteiger charge is 2.44. The number of nitrogens with zero attached hydrogens (tertiary/aromatic N) is 5. The number of nitrogens with one attached hydrogen (secondary N) is 1. The third-order valence-corrected chi connectivity index (χ3v) is 5.56. The van der Waals surface area contributed by atoms with Crippen LogP contribution in [0.2, 0.25) is 0 Å². The van der Waals surface area contributed by atoms with Gasteiger partial charge in [-0.25, -0.2) is 30.0 Å². The molecule has 1 aromatic rings. The van der Waals surface area contributed by atoms with Crippen LogP contribution >= 0.6 is 0 Å². The van der Waals surface area contributed by atoms with Crippen molar-refractivity contribution in [3.05, 3.63) is 81.5 Å². The minimum atomic E-state index is -1.10. The molecule has 0 aliphatic carbocycles. The van der Waals surface area contributed by atoms with Gasteiger partial charge in [0.15, 0.2) is 0 Å². The van der Waals surface area contributed by atoms with Crippen molar-refractivity contribution in [2.45, 2.75) is 25.8 Å². The number of hydroxylamine groups is 3. The molecule has 14 heteroatoms. The molecule has 0 fully saturated rings. The van der Waals surface area contributed by atoms with Gasteiger partial charge in [-0.1, -0.05) is 6.92 Å². The third-order valence-electron chi connectivity index (χ3n) is 5.56. The lowest BCUT2D eigenvalue weighted by Crippen LogP contribution is -2.52. The maximum absolute atomic E-state index is 13.5. The molecule has 3 aliphatic heterocycles. The van der Waals surface area contributed by atoms with Crippen molar-refractivity contribution in [2.75, 3.05) is 13.7 Å². The van der Waals surface area contributed by atoms with Gasteiger partial charge in [-0.3, -0.25) is 10.1 Å². The number of rotatable bonds is 7. The highest BCUT2D eigenvalue weighted by molar-refractivity contribution is 6.01. The smallest absolute Gasteiger partial charge is 0.424 e. The Morgan fingerprint density at radius 2 is 2.08 bits per heavy atom. The first kappa shape index (κ1) is 25.9. The standard InChI is InChI=1S/C24H22N6O8/c1-3-19-20(22(31)36-12-4-10-25)21(15-9-11-28-17(13-15)14-26-38-28)29(23(27-19)35-2)24(32)37-18-7-5-16(6-8-18)30(33)34/h5-9,11,13-14,21,26H,3-4,12H2,1-2H3. The number of hydrogen-bond acceptors (Lipinski definition) is 12. The summed E-state index contributed by atoms with van der Waals surface area (Å²) in [5.74, 6) is -0.741. The normalized spacial score (nSPS) is 17.9. The van der Waals surface area contributed by atoms with Crippen LogP contribution in [0.3, 0.4) is 0 Å². The summed E-state index contributed by atoms with van der Waals surface area (Å²) in [6, 6.07) is 5.59. The van der Waals surface area contributed by atoms with Crippen LogP contribution in [-0.4, -0.2) is 52.7 Å². The Hall–Kier alpha value is -5.16. The monoisotopic (exact) mass is 522 g/mol. The highest BCUT2D eigenvalue weighted by Crippen LogP contribution is 2.35.